The van der Waals surface area contributed by atoms with Crippen LogP contribution in [0.3, 0.4) is 0 Å². The van der Waals surface area contributed by atoms with E-state index < -0.39 is 0 Å². The van der Waals surface area contributed by atoms with Crippen LogP contribution in [-0.2, 0) is 11.2 Å². The molecule has 3 rings (SSSR count). The summed E-state index contributed by atoms with van der Waals surface area (Å²) in [6.07, 6.45) is 2.95. The smallest absolute Gasteiger partial charge is 0.191 e. The van der Waals surface area contributed by atoms with Gasteiger partial charge in [0, 0.05) is 50.3 Å². The van der Waals surface area contributed by atoms with Gasteiger partial charge in [-0.2, -0.15) is 0 Å². The molecule has 1 unspecified atom stereocenters. The van der Waals surface area contributed by atoms with E-state index in [1.54, 1.807) is 7.05 Å². The first-order valence-electron chi connectivity index (χ1n) is 8.66. The number of rotatable bonds is 5. The van der Waals surface area contributed by atoms with Gasteiger partial charge in [0.15, 0.2) is 5.96 Å². The lowest BCUT2D eigenvalue weighted by Gasteiger charge is -2.30. The zero-order chi connectivity index (χ0) is 17.6. The summed E-state index contributed by atoms with van der Waals surface area (Å²) in [6.45, 7) is 4.16. The van der Waals surface area contributed by atoms with Crippen LogP contribution in [0.5, 0.6) is 0 Å². The molecule has 1 aromatic carbocycles. The average molecular weight is 347 g/mol. The van der Waals surface area contributed by atoms with Crippen molar-refractivity contribution in [2.24, 2.45) is 4.99 Å². The molecule has 136 valence electrons. The molecule has 1 saturated heterocycles. The van der Waals surface area contributed by atoms with E-state index in [-0.39, 0.29) is 11.9 Å². The molecule has 1 aliphatic rings. The second kappa shape index (κ2) is 8.31. The highest BCUT2D eigenvalue weighted by Crippen LogP contribution is 2.19. The molecule has 25 heavy (non-hydrogen) atoms. The van der Waals surface area contributed by atoms with E-state index in [0.29, 0.717) is 0 Å². The van der Waals surface area contributed by atoms with Crippen molar-refractivity contribution in [3.8, 4) is 0 Å². The third-order valence-electron chi connectivity index (χ3n) is 4.48. The minimum Gasteiger partial charge on any atom is -0.374 e. The summed E-state index contributed by atoms with van der Waals surface area (Å²) < 4.78 is 19.0. The fraction of sp³-hybridized carbons (Fsp3) is 0.500. The molecule has 1 fully saturated rings. The first-order valence-corrected chi connectivity index (χ1v) is 8.66. The van der Waals surface area contributed by atoms with Crippen LogP contribution in [0.25, 0.3) is 10.9 Å². The summed E-state index contributed by atoms with van der Waals surface area (Å²) in [4.78, 5) is 9.64. The molecule has 0 radical (unpaired) electrons. The number of morpholine rings is 1. The number of halogens is 1. The van der Waals surface area contributed by atoms with E-state index >= 15 is 0 Å². The van der Waals surface area contributed by atoms with Crippen molar-refractivity contribution in [3.63, 3.8) is 0 Å². The fourth-order valence-corrected chi connectivity index (χ4v) is 3.10. The Morgan fingerprint density at radius 1 is 1.44 bits per heavy atom. The summed E-state index contributed by atoms with van der Waals surface area (Å²) in [5.74, 6) is 0.543. The second-order valence-electron chi connectivity index (χ2n) is 6.39. The highest BCUT2D eigenvalue weighted by atomic mass is 19.1. The predicted molar refractivity (Wildman–Crippen MR) is 98.6 cm³/mol. The quantitative estimate of drug-likeness (QED) is 0.564. The number of ether oxygens (including phenoxy) is 1. The van der Waals surface area contributed by atoms with Crippen molar-refractivity contribution in [2.75, 3.05) is 46.9 Å². The molecule has 0 aliphatic carbocycles. The van der Waals surface area contributed by atoms with Crippen molar-refractivity contribution in [1.29, 1.82) is 0 Å². The summed E-state index contributed by atoms with van der Waals surface area (Å²) in [5, 5.41) is 7.69. The number of benzene rings is 1. The largest absolute Gasteiger partial charge is 0.374 e. The molecule has 0 amide bonds. The van der Waals surface area contributed by atoms with Gasteiger partial charge in [0.1, 0.15) is 5.82 Å². The van der Waals surface area contributed by atoms with Gasteiger partial charge in [-0.25, -0.2) is 4.39 Å². The SMILES string of the molecule is CN=C(NCCc1c[nH]c2cc(F)ccc12)NCC1CN(C)CCO1. The number of aromatic amines is 1. The molecule has 1 atom stereocenters. The molecule has 0 spiro atoms. The number of H-pyrrole nitrogens is 1. The monoisotopic (exact) mass is 347 g/mol. The normalized spacial score (nSPS) is 19.3. The van der Waals surface area contributed by atoms with Gasteiger partial charge in [-0.05, 0) is 37.2 Å². The molecule has 0 bridgehead atoms. The van der Waals surface area contributed by atoms with Crippen LogP contribution in [0.4, 0.5) is 4.39 Å². The molecule has 1 aliphatic heterocycles. The maximum absolute atomic E-state index is 13.2. The standard InChI is InChI=1S/C18H26FN5O/c1-20-18(23-11-15-12-24(2)7-8-25-15)21-6-5-13-10-22-17-9-14(19)3-4-16(13)17/h3-4,9-10,15,22H,5-8,11-12H2,1-2H3,(H2,20,21,23). The van der Waals surface area contributed by atoms with Crippen LogP contribution in [0, 0.1) is 5.82 Å². The first-order chi connectivity index (χ1) is 12.2. The molecule has 3 N–H and O–H groups in total. The molecule has 6 nitrogen and oxygen atoms in total. The van der Waals surface area contributed by atoms with Gasteiger partial charge < -0.3 is 25.3 Å². The van der Waals surface area contributed by atoms with Gasteiger partial charge in [-0.3, -0.25) is 4.99 Å². The number of aliphatic imine (C=N–C) groups is 1. The van der Waals surface area contributed by atoms with Crippen molar-refractivity contribution < 1.29 is 9.13 Å². The molecule has 0 saturated carbocycles. The zero-order valence-corrected chi connectivity index (χ0v) is 14.8. The summed E-state index contributed by atoms with van der Waals surface area (Å²) in [6, 6.07) is 4.84. The Kier molecular flexibility index (Phi) is 5.88. The van der Waals surface area contributed by atoms with Crippen molar-refractivity contribution in [1.82, 2.24) is 20.5 Å². The minimum atomic E-state index is -0.223. The molecule has 2 heterocycles. The van der Waals surface area contributed by atoms with Gasteiger partial charge in [0.25, 0.3) is 0 Å². The topological polar surface area (TPSA) is 64.7 Å². The first kappa shape index (κ1) is 17.7. The Morgan fingerprint density at radius 2 is 2.32 bits per heavy atom. The van der Waals surface area contributed by atoms with Crippen LogP contribution in [0.2, 0.25) is 0 Å². The number of likely N-dealkylation sites (N-methyl/N-ethyl adjacent to an activating group) is 1. The van der Waals surface area contributed by atoms with Crippen LogP contribution >= 0.6 is 0 Å². The number of nitrogens with zero attached hydrogens (tertiary/aromatic N) is 2. The van der Waals surface area contributed by atoms with Crippen molar-refractivity contribution >= 4 is 16.9 Å². The summed E-state index contributed by atoms with van der Waals surface area (Å²) in [7, 11) is 3.87. The number of fused-ring (bicyclic) bond motifs is 1. The van der Waals surface area contributed by atoms with E-state index in [2.05, 4.69) is 32.6 Å². The fourth-order valence-electron chi connectivity index (χ4n) is 3.10. The van der Waals surface area contributed by atoms with Gasteiger partial charge in [-0.1, -0.05) is 0 Å². The Labute approximate surface area is 147 Å². The van der Waals surface area contributed by atoms with Crippen molar-refractivity contribution in [2.45, 2.75) is 12.5 Å². The third kappa shape index (κ3) is 4.70. The number of guanidine groups is 1. The van der Waals surface area contributed by atoms with E-state index in [0.717, 1.165) is 61.6 Å². The maximum atomic E-state index is 13.2. The number of hydrogen-bond donors (Lipinski definition) is 3. The average Bonchev–Trinajstić information content (AvgIpc) is 3.00. The van der Waals surface area contributed by atoms with E-state index in [4.69, 9.17) is 4.74 Å². The second-order valence-corrected chi connectivity index (χ2v) is 6.39. The molecular formula is C18H26FN5O. The van der Waals surface area contributed by atoms with Gasteiger partial charge >= 0.3 is 0 Å². The summed E-state index contributed by atoms with van der Waals surface area (Å²) >= 11 is 0. The molecule has 1 aromatic heterocycles. The Morgan fingerprint density at radius 3 is 3.12 bits per heavy atom. The van der Waals surface area contributed by atoms with Crippen LogP contribution in [0.15, 0.2) is 29.4 Å². The van der Waals surface area contributed by atoms with E-state index in [1.165, 1.54) is 12.1 Å². The number of hydrogen-bond acceptors (Lipinski definition) is 3. The van der Waals surface area contributed by atoms with E-state index in [1.807, 2.05) is 12.3 Å². The van der Waals surface area contributed by atoms with Gasteiger partial charge in [-0.15, -0.1) is 0 Å². The Bertz CT molecular complexity index is 729. The minimum absolute atomic E-state index is 0.181. The zero-order valence-electron chi connectivity index (χ0n) is 14.8. The Hall–Kier alpha value is -2.12. The lowest BCUT2D eigenvalue weighted by Crippen LogP contribution is -2.48. The number of nitrogens with one attached hydrogen (secondary N) is 3. The van der Waals surface area contributed by atoms with E-state index in [9.17, 15) is 4.39 Å². The molecule has 7 heteroatoms. The van der Waals surface area contributed by atoms with Gasteiger partial charge in [0.2, 0.25) is 0 Å². The highest BCUT2D eigenvalue weighted by molar-refractivity contribution is 5.83. The number of aromatic nitrogens is 1. The molecular weight excluding hydrogens is 321 g/mol. The maximum Gasteiger partial charge on any atom is 0.191 e. The highest BCUT2D eigenvalue weighted by Gasteiger charge is 2.17. The predicted octanol–water partition coefficient (Wildman–Crippen LogP) is 1.35. The van der Waals surface area contributed by atoms with Gasteiger partial charge in [0.05, 0.1) is 12.7 Å². The Balaban J connectivity index is 1.46. The van der Waals surface area contributed by atoms with Crippen LogP contribution in [0.1, 0.15) is 5.56 Å². The van der Waals surface area contributed by atoms with Crippen LogP contribution in [-0.4, -0.2) is 68.8 Å². The lowest BCUT2D eigenvalue weighted by atomic mass is 10.1. The lowest BCUT2D eigenvalue weighted by molar-refractivity contribution is -0.0161. The molecule has 2 aromatic rings. The van der Waals surface area contributed by atoms with Crippen molar-refractivity contribution in [3.05, 3.63) is 35.8 Å². The van der Waals surface area contributed by atoms with Crippen LogP contribution < -0.4 is 10.6 Å². The summed E-state index contributed by atoms with van der Waals surface area (Å²) in [5.41, 5.74) is 1.99. The third-order valence-corrected chi connectivity index (χ3v) is 4.48.